The molecule has 0 aliphatic heterocycles. The fourth-order valence-electron chi connectivity index (χ4n) is 2.91. The normalized spacial score (nSPS) is 15.7. The Balaban J connectivity index is 1.53. The largest absolute Gasteiger partial charge is 0.343 e. The molecule has 0 spiro atoms. The van der Waals surface area contributed by atoms with Gasteiger partial charge >= 0.3 is 0 Å². The summed E-state index contributed by atoms with van der Waals surface area (Å²) in [5.41, 5.74) is 5.22. The zero-order valence-electron chi connectivity index (χ0n) is 12.2. The molecule has 5 nitrogen and oxygen atoms in total. The minimum absolute atomic E-state index is 0.0185. The first-order valence-electron chi connectivity index (χ1n) is 7.41. The first kappa shape index (κ1) is 13.9. The van der Waals surface area contributed by atoms with Crippen LogP contribution in [0.15, 0.2) is 17.1 Å². The van der Waals surface area contributed by atoms with Gasteiger partial charge in [0.25, 0.3) is 5.91 Å². The summed E-state index contributed by atoms with van der Waals surface area (Å²) in [5.74, 6) is 0.0185. The molecule has 3 aromatic rings. The molecule has 114 valence electrons. The van der Waals surface area contributed by atoms with E-state index in [4.69, 9.17) is 0 Å². The average molecular weight is 332 g/mol. The molecule has 7 heteroatoms. The van der Waals surface area contributed by atoms with Gasteiger partial charge in [-0.15, -0.1) is 11.3 Å². The van der Waals surface area contributed by atoms with Crippen molar-refractivity contribution < 1.29 is 4.79 Å². The Morgan fingerprint density at radius 1 is 1.36 bits per heavy atom. The van der Waals surface area contributed by atoms with Crippen molar-refractivity contribution in [1.29, 1.82) is 0 Å². The minimum atomic E-state index is -0.122. The van der Waals surface area contributed by atoms with Gasteiger partial charge in [0, 0.05) is 0 Å². The van der Waals surface area contributed by atoms with Crippen LogP contribution in [0.25, 0.3) is 4.96 Å². The van der Waals surface area contributed by atoms with Crippen LogP contribution in [-0.2, 0) is 12.8 Å². The second-order valence-corrected chi connectivity index (χ2v) is 7.29. The van der Waals surface area contributed by atoms with Gasteiger partial charge in [0.15, 0.2) is 0 Å². The summed E-state index contributed by atoms with van der Waals surface area (Å²) in [6.07, 6.45) is 6.43. The van der Waals surface area contributed by atoms with Crippen LogP contribution >= 0.6 is 22.7 Å². The van der Waals surface area contributed by atoms with Crippen LogP contribution < -0.4 is 5.32 Å². The summed E-state index contributed by atoms with van der Waals surface area (Å²) in [4.78, 5) is 18.8. The maximum atomic E-state index is 12.6. The molecule has 1 atom stereocenters. The van der Waals surface area contributed by atoms with Crippen molar-refractivity contribution in [2.24, 2.45) is 0 Å². The molecule has 3 heterocycles. The van der Waals surface area contributed by atoms with Gasteiger partial charge in [-0.3, -0.25) is 4.79 Å². The molecule has 0 unspecified atom stereocenters. The monoisotopic (exact) mass is 332 g/mol. The highest BCUT2D eigenvalue weighted by Gasteiger charge is 2.22. The van der Waals surface area contributed by atoms with Crippen LogP contribution in [-0.4, -0.2) is 20.5 Å². The summed E-state index contributed by atoms with van der Waals surface area (Å²) >= 11 is 3.06. The molecular formula is C15H16N4OS2. The summed E-state index contributed by atoms with van der Waals surface area (Å²) in [6.45, 7) is 1.96. The molecule has 3 aromatic heterocycles. The van der Waals surface area contributed by atoms with Crippen molar-refractivity contribution in [3.63, 3.8) is 0 Å². The van der Waals surface area contributed by atoms with Gasteiger partial charge < -0.3 is 5.32 Å². The lowest BCUT2D eigenvalue weighted by molar-refractivity contribution is 0.0942. The van der Waals surface area contributed by atoms with Gasteiger partial charge in [-0.1, -0.05) is 11.3 Å². The van der Waals surface area contributed by atoms with Crippen LogP contribution in [0.1, 0.15) is 52.3 Å². The van der Waals surface area contributed by atoms with E-state index in [-0.39, 0.29) is 11.9 Å². The second kappa shape index (κ2) is 5.48. The van der Waals surface area contributed by atoms with Gasteiger partial charge in [-0.25, -0.2) is 9.50 Å². The lowest BCUT2D eigenvalue weighted by atomic mass is 9.94. The molecule has 0 radical (unpaired) electrons. The molecule has 0 aromatic carbocycles. The maximum Gasteiger partial charge on any atom is 0.262 e. The van der Waals surface area contributed by atoms with E-state index in [1.807, 2.05) is 13.1 Å². The molecular weight excluding hydrogens is 316 g/mol. The van der Waals surface area contributed by atoms with E-state index in [0.29, 0.717) is 0 Å². The van der Waals surface area contributed by atoms with Gasteiger partial charge in [0.1, 0.15) is 5.51 Å². The van der Waals surface area contributed by atoms with Crippen LogP contribution in [0.2, 0.25) is 0 Å². The number of hydrogen-bond donors (Lipinski definition) is 1. The quantitative estimate of drug-likeness (QED) is 0.801. The summed E-state index contributed by atoms with van der Waals surface area (Å²) < 4.78 is 1.75. The molecule has 1 amide bonds. The minimum Gasteiger partial charge on any atom is -0.343 e. The SMILES string of the molecule is C[C@@H](NC(=O)c1scc2c1CCCC2)c1cn2ncsc2n1. The molecule has 1 aliphatic carbocycles. The molecule has 1 N–H and O–H groups in total. The Morgan fingerprint density at radius 3 is 3.09 bits per heavy atom. The Hall–Kier alpha value is -1.73. The lowest BCUT2D eigenvalue weighted by Crippen LogP contribution is -2.27. The molecule has 1 aliphatic rings. The molecule has 0 fully saturated rings. The number of fused-ring (bicyclic) bond motifs is 2. The van der Waals surface area contributed by atoms with Gasteiger partial charge in [-0.05, 0) is 49.1 Å². The van der Waals surface area contributed by atoms with Crippen molar-refractivity contribution in [3.8, 4) is 0 Å². The predicted octanol–water partition coefficient (Wildman–Crippen LogP) is 3.22. The Morgan fingerprint density at radius 2 is 2.23 bits per heavy atom. The van der Waals surface area contributed by atoms with E-state index in [1.54, 1.807) is 21.4 Å². The highest BCUT2D eigenvalue weighted by Crippen LogP contribution is 2.30. The standard InChI is InChI=1S/C15H16N4OS2/c1-9(12-6-19-15(18-12)22-8-16-19)17-14(20)13-11-5-3-2-4-10(11)7-21-13/h6-9H,2-5H2,1H3,(H,17,20)/t9-/m1/s1. The number of rotatable bonds is 3. The number of hydrogen-bond acceptors (Lipinski definition) is 5. The molecule has 0 bridgehead atoms. The number of aromatic nitrogens is 3. The van der Waals surface area contributed by atoms with E-state index in [2.05, 4.69) is 20.8 Å². The topological polar surface area (TPSA) is 59.3 Å². The van der Waals surface area contributed by atoms with E-state index in [1.165, 1.54) is 35.3 Å². The van der Waals surface area contributed by atoms with E-state index >= 15 is 0 Å². The fraction of sp³-hybridized carbons (Fsp3) is 0.400. The first-order valence-corrected chi connectivity index (χ1v) is 9.17. The molecule has 22 heavy (non-hydrogen) atoms. The Kier molecular flexibility index (Phi) is 3.46. The summed E-state index contributed by atoms with van der Waals surface area (Å²) in [5, 5.41) is 9.39. The Labute approximate surface area is 136 Å². The predicted molar refractivity (Wildman–Crippen MR) is 87.7 cm³/mol. The van der Waals surface area contributed by atoms with Crippen molar-refractivity contribution in [1.82, 2.24) is 19.9 Å². The zero-order chi connectivity index (χ0) is 15.1. The van der Waals surface area contributed by atoms with Crippen LogP contribution in [0.3, 0.4) is 0 Å². The second-order valence-electron chi connectivity index (χ2n) is 5.60. The highest BCUT2D eigenvalue weighted by atomic mass is 32.1. The number of aryl methyl sites for hydroxylation is 1. The maximum absolute atomic E-state index is 12.6. The number of thiophene rings is 1. The lowest BCUT2D eigenvalue weighted by Gasteiger charge is -2.14. The van der Waals surface area contributed by atoms with Crippen molar-refractivity contribution in [2.45, 2.75) is 38.6 Å². The van der Waals surface area contributed by atoms with Crippen molar-refractivity contribution in [3.05, 3.63) is 38.8 Å². The van der Waals surface area contributed by atoms with Gasteiger partial charge in [0.05, 0.1) is 22.8 Å². The number of nitrogens with zero attached hydrogens (tertiary/aromatic N) is 3. The third kappa shape index (κ3) is 2.34. The smallest absolute Gasteiger partial charge is 0.262 e. The number of carbonyl (C=O) groups excluding carboxylic acids is 1. The first-order chi connectivity index (χ1) is 10.7. The summed E-state index contributed by atoms with van der Waals surface area (Å²) in [7, 11) is 0. The van der Waals surface area contributed by atoms with Crippen molar-refractivity contribution in [2.75, 3.05) is 0 Å². The van der Waals surface area contributed by atoms with Gasteiger partial charge in [-0.2, -0.15) is 5.10 Å². The van der Waals surface area contributed by atoms with E-state index < -0.39 is 0 Å². The number of amides is 1. The number of nitrogens with one attached hydrogen (secondary N) is 1. The molecule has 0 saturated carbocycles. The third-order valence-electron chi connectivity index (χ3n) is 4.11. The average Bonchev–Trinajstić information content (AvgIpc) is 3.20. The fourth-order valence-corrected chi connectivity index (χ4v) is 4.58. The molecule has 0 saturated heterocycles. The van der Waals surface area contributed by atoms with E-state index in [9.17, 15) is 4.79 Å². The highest BCUT2D eigenvalue weighted by molar-refractivity contribution is 7.14. The van der Waals surface area contributed by atoms with Crippen LogP contribution in [0, 0.1) is 0 Å². The number of carbonyl (C=O) groups is 1. The number of imidazole rings is 1. The van der Waals surface area contributed by atoms with Crippen LogP contribution in [0.5, 0.6) is 0 Å². The van der Waals surface area contributed by atoms with Crippen molar-refractivity contribution >= 4 is 33.5 Å². The van der Waals surface area contributed by atoms with Gasteiger partial charge in [0.2, 0.25) is 4.96 Å². The molecule has 4 rings (SSSR count). The summed E-state index contributed by atoms with van der Waals surface area (Å²) in [6, 6.07) is -0.122. The third-order valence-corrected chi connectivity index (χ3v) is 5.86. The van der Waals surface area contributed by atoms with Crippen LogP contribution in [0.4, 0.5) is 0 Å². The van der Waals surface area contributed by atoms with E-state index in [0.717, 1.165) is 28.4 Å². The Bertz CT molecular complexity index is 803. The zero-order valence-corrected chi connectivity index (χ0v) is 13.8.